The standard InChI is InChI=1S/C26H28BF3N3/c1-31(2)20-14-10-18(11-15-20)24(19-12-16-21(17-13-19)32(3)4)25-22-8-6-7-9-23(22)33(5)26(25)27(28,29)30/h6-17,24H,1-5H3/q-1. The number of fused-ring (bicyclic) bond motifs is 1. The molecule has 0 atom stereocenters. The van der Waals surface area contributed by atoms with Gasteiger partial charge in [-0.3, -0.25) is 0 Å². The number of benzene rings is 3. The molecule has 4 rings (SSSR count). The smallest absolute Gasteiger partial charge is 0.444 e. The summed E-state index contributed by atoms with van der Waals surface area (Å²) in [5, 5.41) is 0.632. The van der Waals surface area contributed by atoms with Gasteiger partial charge in [0.2, 0.25) is 0 Å². The number of halogens is 3. The lowest BCUT2D eigenvalue weighted by atomic mass is 9.74. The molecule has 0 saturated heterocycles. The Morgan fingerprint density at radius 1 is 0.697 bits per heavy atom. The van der Waals surface area contributed by atoms with Crippen molar-refractivity contribution in [2.75, 3.05) is 38.0 Å². The number of aromatic nitrogens is 1. The molecule has 0 N–H and O–H groups in total. The van der Waals surface area contributed by atoms with E-state index in [1.165, 1.54) is 11.6 Å². The van der Waals surface area contributed by atoms with Gasteiger partial charge in [-0.05, 0) is 52.6 Å². The van der Waals surface area contributed by atoms with Gasteiger partial charge in [-0.2, -0.15) is 0 Å². The first-order chi connectivity index (χ1) is 15.6. The molecule has 0 saturated carbocycles. The SMILES string of the molecule is CN(C)c1ccc(C(c2ccc(N(C)C)cc2)c2c([B-](F)(F)F)n(C)c3ccccc23)cc1. The van der Waals surface area contributed by atoms with Crippen molar-refractivity contribution in [2.45, 2.75) is 5.92 Å². The first kappa shape index (κ1) is 22.8. The highest BCUT2D eigenvalue weighted by Crippen LogP contribution is 2.38. The van der Waals surface area contributed by atoms with Crippen molar-refractivity contribution in [1.82, 2.24) is 4.57 Å². The number of aryl methyl sites for hydroxylation is 1. The van der Waals surface area contributed by atoms with Crippen LogP contribution in [0.25, 0.3) is 10.9 Å². The molecule has 172 valence electrons. The largest absolute Gasteiger partial charge is 0.525 e. The minimum Gasteiger partial charge on any atom is -0.444 e. The summed E-state index contributed by atoms with van der Waals surface area (Å²) >= 11 is 0. The predicted octanol–water partition coefficient (Wildman–Crippen LogP) is 5.54. The van der Waals surface area contributed by atoms with E-state index >= 15 is 0 Å². The average Bonchev–Trinajstić information content (AvgIpc) is 3.07. The monoisotopic (exact) mass is 450 g/mol. The van der Waals surface area contributed by atoms with Crippen molar-refractivity contribution in [2.24, 2.45) is 7.05 Å². The Hall–Kier alpha value is -3.35. The third-order valence-corrected chi connectivity index (χ3v) is 6.28. The van der Waals surface area contributed by atoms with Gasteiger partial charge in [0.1, 0.15) is 0 Å². The molecule has 0 unspecified atom stereocenters. The van der Waals surface area contributed by atoms with Gasteiger partial charge in [0, 0.05) is 63.4 Å². The molecule has 4 aromatic rings. The molecule has 0 aliphatic rings. The molecule has 33 heavy (non-hydrogen) atoms. The van der Waals surface area contributed by atoms with Crippen molar-refractivity contribution in [3.8, 4) is 0 Å². The van der Waals surface area contributed by atoms with Gasteiger partial charge in [-0.25, -0.2) is 0 Å². The van der Waals surface area contributed by atoms with Crippen molar-refractivity contribution in [3.63, 3.8) is 0 Å². The van der Waals surface area contributed by atoms with Gasteiger partial charge in [0.05, 0.1) is 0 Å². The molecule has 1 heterocycles. The fourth-order valence-electron chi connectivity index (χ4n) is 4.60. The third-order valence-electron chi connectivity index (χ3n) is 6.28. The Kier molecular flexibility index (Phi) is 5.91. The van der Waals surface area contributed by atoms with Gasteiger partial charge in [0.25, 0.3) is 0 Å². The molecular formula is C26H28BF3N3-. The van der Waals surface area contributed by atoms with Crippen LogP contribution in [0.4, 0.5) is 24.3 Å². The van der Waals surface area contributed by atoms with Gasteiger partial charge < -0.3 is 27.3 Å². The Balaban J connectivity index is 2.02. The number of hydrogen-bond donors (Lipinski definition) is 0. The van der Waals surface area contributed by atoms with Crippen LogP contribution in [0.3, 0.4) is 0 Å². The highest BCUT2D eigenvalue weighted by molar-refractivity contribution is 6.73. The Morgan fingerprint density at radius 2 is 1.15 bits per heavy atom. The van der Waals surface area contributed by atoms with Gasteiger partial charge in [-0.1, -0.05) is 42.5 Å². The molecule has 0 aliphatic heterocycles. The maximum Gasteiger partial charge on any atom is 0.525 e. The van der Waals surface area contributed by atoms with E-state index in [0.717, 1.165) is 22.5 Å². The van der Waals surface area contributed by atoms with Crippen molar-refractivity contribution in [1.29, 1.82) is 0 Å². The molecule has 0 aliphatic carbocycles. The zero-order chi connectivity index (χ0) is 23.9. The lowest BCUT2D eigenvalue weighted by Crippen LogP contribution is -2.42. The summed E-state index contributed by atoms with van der Waals surface area (Å²) in [5.74, 6) is -0.554. The van der Waals surface area contributed by atoms with Gasteiger partial charge in [-0.15, -0.1) is 0 Å². The van der Waals surface area contributed by atoms with Crippen molar-refractivity contribution < 1.29 is 12.9 Å². The molecule has 3 aromatic carbocycles. The molecule has 0 fully saturated rings. The van der Waals surface area contributed by atoms with E-state index in [9.17, 15) is 12.9 Å². The molecular weight excluding hydrogens is 422 g/mol. The zero-order valence-corrected chi connectivity index (χ0v) is 19.6. The first-order valence-electron chi connectivity index (χ1n) is 10.9. The van der Waals surface area contributed by atoms with E-state index in [2.05, 4.69) is 0 Å². The molecule has 0 bridgehead atoms. The molecule has 1 aromatic heterocycles. The highest BCUT2D eigenvalue weighted by atomic mass is 19.4. The second-order valence-electron chi connectivity index (χ2n) is 8.85. The quantitative estimate of drug-likeness (QED) is 0.357. The van der Waals surface area contributed by atoms with E-state index in [1.807, 2.05) is 86.5 Å². The fourth-order valence-corrected chi connectivity index (χ4v) is 4.60. The van der Waals surface area contributed by atoms with E-state index in [4.69, 9.17) is 0 Å². The highest BCUT2D eigenvalue weighted by Gasteiger charge is 2.36. The summed E-state index contributed by atoms with van der Waals surface area (Å²) in [7, 11) is 9.30. The Morgan fingerprint density at radius 3 is 1.58 bits per heavy atom. The van der Waals surface area contributed by atoms with E-state index in [1.54, 1.807) is 24.3 Å². The van der Waals surface area contributed by atoms with E-state index in [0.29, 0.717) is 16.5 Å². The number of nitrogens with zero attached hydrogens (tertiary/aromatic N) is 3. The van der Waals surface area contributed by atoms with Crippen LogP contribution in [0.5, 0.6) is 0 Å². The number of para-hydroxylation sites is 1. The molecule has 0 amide bonds. The van der Waals surface area contributed by atoms with Crippen molar-refractivity contribution in [3.05, 3.63) is 89.5 Å². The Bertz CT molecular complexity index is 1210. The minimum absolute atomic E-state index is 0.316. The normalized spacial score (nSPS) is 11.9. The van der Waals surface area contributed by atoms with Crippen LogP contribution >= 0.6 is 0 Å². The van der Waals surface area contributed by atoms with Crippen molar-refractivity contribution >= 4 is 34.8 Å². The summed E-state index contributed by atoms with van der Waals surface area (Å²) in [5.41, 5.74) is 4.01. The van der Waals surface area contributed by atoms with Crippen LogP contribution in [0.1, 0.15) is 22.6 Å². The lowest BCUT2D eigenvalue weighted by Gasteiger charge is -2.26. The number of rotatable bonds is 6. The summed E-state index contributed by atoms with van der Waals surface area (Å²) in [4.78, 5) is 3.96. The number of hydrogen-bond acceptors (Lipinski definition) is 2. The summed E-state index contributed by atoms with van der Waals surface area (Å²) < 4.78 is 44.8. The molecule has 0 radical (unpaired) electrons. The van der Waals surface area contributed by atoms with Crippen LogP contribution in [-0.4, -0.2) is 39.7 Å². The van der Waals surface area contributed by atoms with Crippen LogP contribution in [0.2, 0.25) is 0 Å². The lowest BCUT2D eigenvalue weighted by molar-refractivity contribution is 0.494. The third kappa shape index (κ3) is 4.20. The summed E-state index contributed by atoms with van der Waals surface area (Å²) in [6, 6.07) is 22.7. The second-order valence-corrected chi connectivity index (χ2v) is 8.85. The molecule has 0 spiro atoms. The number of anilines is 2. The van der Waals surface area contributed by atoms with E-state index < -0.39 is 18.5 Å². The topological polar surface area (TPSA) is 11.4 Å². The second kappa shape index (κ2) is 8.54. The Labute approximate surface area is 193 Å². The first-order valence-corrected chi connectivity index (χ1v) is 10.9. The fraction of sp³-hybridized carbons (Fsp3) is 0.231. The van der Waals surface area contributed by atoms with Crippen LogP contribution in [-0.2, 0) is 7.05 Å². The zero-order valence-electron chi connectivity index (χ0n) is 19.6. The van der Waals surface area contributed by atoms with Crippen LogP contribution in [0, 0.1) is 0 Å². The predicted molar refractivity (Wildman–Crippen MR) is 134 cm³/mol. The summed E-state index contributed by atoms with van der Waals surface area (Å²) in [6.07, 6.45) is 0. The van der Waals surface area contributed by atoms with Gasteiger partial charge >= 0.3 is 6.98 Å². The van der Waals surface area contributed by atoms with Crippen LogP contribution < -0.4 is 15.4 Å². The van der Waals surface area contributed by atoms with E-state index in [-0.39, 0.29) is 0 Å². The maximum atomic E-state index is 14.5. The average molecular weight is 450 g/mol. The van der Waals surface area contributed by atoms with Crippen LogP contribution in [0.15, 0.2) is 72.8 Å². The molecule has 3 nitrogen and oxygen atoms in total. The summed E-state index contributed by atoms with van der Waals surface area (Å²) in [6.45, 7) is -5.24. The maximum absolute atomic E-state index is 14.5. The minimum atomic E-state index is -5.24. The molecule has 7 heteroatoms. The van der Waals surface area contributed by atoms with Gasteiger partial charge in [0.15, 0.2) is 0 Å².